The lowest BCUT2D eigenvalue weighted by Crippen LogP contribution is -2.50. The minimum absolute atomic E-state index is 0.0619. The second-order valence-electron chi connectivity index (χ2n) is 8.27. The maximum atomic E-state index is 13.0. The molecule has 1 unspecified atom stereocenters. The highest BCUT2D eigenvalue weighted by atomic mass is 16.5. The summed E-state index contributed by atoms with van der Waals surface area (Å²) < 4.78 is 7.40. The zero-order valence-electron chi connectivity index (χ0n) is 19.5. The number of nitrogens with zero attached hydrogens (tertiary/aromatic N) is 4. The van der Waals surface area contributed by atoms with Crippen molar-refractivity contribution in [3.8, 4) is 11.8 Å². The molecule has 2 aromatic rings. The summed E-state index contributed by atoms with van der Waals surface area (Å²) in [7, 11) is 1.66. The number of aryl methyl sites for hydroxylation is 1. The number of hydrogen-bond acceptors (Lipinski definition) is 5. The number of phenolic OH excluding ortho intramolecular Hbond substituents is 1. The molecule has 0 spiro atoms. The first-order valence-corrected chi connectivity index (χ1v) is 10.9. The number of carbonyl (C=O) groups excluding carboxylic acids is 2. The van der Waals surface area contributed by atoms with Gasteiger partial charge in [0, 0.05) is 44.7 Å². The van der Waals surface area contributed by atoms with Crippen LogP contribution in [0.5, 0.6) is 5.75 Å². The van der Waals surface area contributed by atoms with E-state index in [-0.39, 0.29) is 34.7 Å². The fraction of sp³-hybridized carbons (Fsp3) is 0.400. The number of nitriles is 1. The summed E-state index contributed by atoms with van der Waals surface area (Å²) in [6.45, 7) is 7.89. The Balaban J connectivity index is 1.72. The van der Waals surface area contributed by atoms with E-state index in [0.717, 1.165) is 17.0 Å². The quantitative estimate of drug-likeness (QED) is 0.539. The van der Waals surface area contributed by atoms with Crippen molar-refractivity contribution in [2.24, 2.45) is 0 Å². The van der Waals surface area contributed by atoms with E-state index in [2.05, 4.69) is 11.5 Å². The van der Waals surface area contributed by atoms with Crippen LogP contribution in [0.25, 0.3) is 6.08 Å². The zero-order chi connectivity index (χ0) is 24.1. The van der Waals surface area contributed by atoms with Crippen molar-refractivity contribution < 1.29 is 19.4 Å². The number of hydrogen-bond donors (Lipinski definition) is 1. The van der Waals surface area contributed by atoms with Gasteiger partial charge in [-0.15, -0.1) is 0 Å². The largest absolute Gasteiger partial charge is 0.507 e. The Morgan fingerprint density at radius 3 is 2.42 bits per heavy atom. The molecule has 2 heterocycles. The first-order valence-electron chi connectivity index (χ1n) is 10.9. The number of methoxy groups -OCH3 is 1. The minimum Gasteiger partial charge on any atom is -0.507 e. The van der Waals surface area contributed by atoms with Gasteiger partial charge < -0.3 is 24.2 Å². The second-order valence-corrected chi connectivity index (χ2v) is 8.27. The Labute approximate surface area is 194 Å². The fourth-order valence-corrected chi connectivity index (χ4v) is 4.35. The Bertz CT molecular complexity index is 1100. The average molecular weight is 451 g/mol. The summed E-state index contributed by atoms with van der Waals surface area (Å²) in [5, 5.41) is 19.6. The van der Waals surface area contributed by atoms with E-state index in [0.29, 0.717) is 32.8 Å². The van der Waals surface area contributed by atoms with E-state index in [1.165, 1.54) is 6.07 Å². The first kappa shape index (κ1) is 24.1. The molecule has 1 atom stereocenters. The van der Waals surface area contributed by atoms with E-state index < -0.39 is 0 Å². The number of piperazine rings is 1. The third kappa shape index (κ3) is 5.10. The van der Waals surface area contributed by atoms with Gasteiger partial charge in [-0.1, -0.05) is 12.1 Å². The van der Waals surface area contributed by atoms with Gasteiger partial charge in [0.15, 0.2) is 0 Å². The van der Waals surface area contributed by atoms with Gasteiger partial charge in [-0.05, 0) is 50.6 Å². The third-order valence-electron chi connectivity index (χ3n) is 6.01. The van der Waals surface area contributed by atoms with Crippen molar-refractivity contribution >= 4 is 17.9 Å². The van der Waals surface area contributed by atoms with Crippen molar-refractivity contribution in [3.05, 3.63) is 58.4 Å². The molecule has 174 valence electrons. The molecule has 2 amide bonds. The molecule has 0 bridgehead atoms. The van der Waals surface area contributed by atoms with Crippen molar-refractivity contribution in [2.75, 3.05) is 39.9 Å². The average Bonchev–Trinajstić information content (AvgIpc) is 3.09. The predicted octanol–water partition coefficient (Wildman–Crippen LogP) is 2.91. The normalized spacial score (nSPS) is 15.3. The summed E-state index contributed by atoms with van der Waals surface area (Å²) in [6, 6.07) is 10.6. The fourth-order valence-electron chi connectivity index (χ4n) is 4.35. The number of amides is 2. The number of ether oxygens (including phenoxy) is 1. The van der Waals surface area contributed by atoms with E-state index >= 15 is 0 Å². The van der Waals surface area contributed by atoms with Crippen LogP contribution in [0.2, 0.25) is 0 Å². The highest BCUT2D eigenvalue weighted by Crippen LogP contribution is 2.24. The topological polar surface area (TPSA) is 98.8 Å². The molecular formula is C25H30N4O4. The Morgan fingerprint density at radius 1 is 1.18 bits per heavy atom. The molecular weight excluding hydrogens is 420 g/mol. The van der Waals surface area contributed by atoms with E-state index in [1.807, 2.05) is 26.0 Å². The van der Waals surface area contributed by atoms with Gasteiger partial charge in [-0.3, -0.25) is 9.59 Å². The van der Waals surface area contributed by atoms with Gasteiger partial charge in [0.25, 0.3) is 11.8 Å². The number of rotatable bonds is 6. The van der Waals surface area contributed by atoms with Crippen LogP contribution in [0, 0.1) is 25.2 Å². The summed E-state index contributed by atoms with van der Waals surface area (Å²) >= 11 is 0. The molecule has 0 saturated carbocycles. The van der Waals surface area contributed by atoms with Crippen LogP contribution in [-0.2, 0) is 9.53 Å². The molecule has 1 fully saturated rings. The number of aromatic nitrogens is 1. The Morgan fingerprint density at radius 2 is 1.82 bits per heavy atom. The van der Waals surface area contributed by atoms with Gasteiger partial charge >= 0.3 is 0 Å². The molecule has 33 heavy (non-hydrogen) atoms. The first-order chi connectivity index (χ1) is 15.8. The lowest BCUT2D eigenvalue weighted by Gasteiger charge is -2.34. The van der Waals surface area contributed by atoms with Crippen LogP contribution in [0.3, 0.4) is 0 Å². The molecule has 1 saturated heterocycles. The zero-order valence-corrected chi connectivity index (χ0v) is 19.5. The van der Waals surface area contributed by atoms with Gasteiger partial charge in [0.05, 0.1) is 18.2 Å². The van der Waals surface area contributed by atoms with Crippen LogP contribution in [0.4, 0.5) is 0 Å². The molecule has 1 aromatic heterocycles. The second kappa shape index (κ2) is 10.4. The molecule has 3 rings (SSSR count). The molecule has 1 aliphatic rings. The number of phenols is 1. The van der Waals surface area contributed by atoms with Crippen molar-refractivity contribution in [2.45, 2.75) is 26.8 Å². The van der Waals surface area contributed by atoms with E-state index in [9.17, 15) is 20.0 Å². The van der Waals surface area contributed by atoms with E-state index in [4.69, 9.17) is 4.74 Å². The lowest BCUT2D eigenvalue weighted by atomic mass is 10.1. The molecule has 1 aromatic carbocycles. The number of carbonyl (C=O) groups is 2. The standard InChI is InChI=1S/C25H30N4O4/c1-17-13-20(19(3)29(17)18(2)16-33-4)14-21(15-26)24(31)27-9-11-28(12-10-27)25(32)22-7-5-6-8-23(22)30/h5-8,13-14,18,30H,9-12,16H2,1-4H3/b21-14-. The number of para-hydroxylation sites is 1. The molecule has 8 nitrogen and oxygen atoms in total. The predicted molar refractivity (Wildman–Crippen MR) is 125 cm³/mol. The van der Waals surface area contributed by atoms with Gasteiger partial charge in [-0.2, -0.15) is 5.26 Å². The van der Waals surface area contributed by atoms with Crippen molar-refractivity contribution in [1.29, 1.82) is 5.26 Å². The van der Waals surface area contributed by atoms with Crippen molar-refractivity contribution in [1.82, 2.24) is 14.4 Å². The van der Waals surface area contributed by atoms with Crippen molar-refractivity contribution in [3.63, 3.8) is 0 Å². The molecule has 1 N–H and O–H groups in total. The third-order valence-corrected chi connectivity index (χ3v) is 6.01. The lowest BCUT2D eigenvalue weighted by molar-refractivity contribution is -0.128. The van der Waals surface area contributed by atoms with Gasteiger partial charge in [-0.25, -0.2) is 0 Å². The maximum absolute atomic E-state index is 13.0. The molecule has 8 heteroatoms. The van der Waals surface area contributed by atoms with Crippen LogP contribution < -0.4 is 0 Å². The van der Waals surface area contributed by atoms with Crippen LogP contribution in [-0.4, -0.2) is 71.2 Å². The number of aromatic hydroxyl groups is 1. The van der Waals surface area contributed by atoms with Gasteiger partial charge in [0.2, 0.25) is 0 Å². The smallest absolute Gasteiger partial charge is 0.264 e. The highest BCUT2D eigenvalue weighted by molar-refractivity contribution is 6.02. The minimum atomic E-state index is -0.345. The summed E-state index contributed by atoms with van der Waals surface area (Å²) in [5.41, 5.74) is 3.14. The summed E-state index contributed by atoms with van der Waals surface area (Å²) in [4.78, 5) is 28.9. The Hall–Kier alpha value is -3.57. The summed E-state index contributed by atoms with van der Waals surface area (Å²) in [6.07, 6.45) is 1.64. The Kier molecular flexibility index (Phi) is 7.56. The number of benzene rings is 1. The maximum Gasteiger partial charge on any atom is 0.264 e. The van der Waals surface area contributed by atoms with Crippen LogP contribution in [0.15, 0.2) is 35.9 Å². The monoisotopic (exact) mass is 450 g/mol. The van der Waals surface area contributed by atoms with Crippen LogP contribution in [0.1, 0.15) is 40.3 Å². The molecule has 0 aliphatic carbocycles. The summed E-state index contributed by atoms with van der Waals surface area (Å²) in [5.74, 6) is -0.677. The van der Waals surface area contributed by atoms with E-state index in [1.54, 1.807) is 41.2 Å². The molecule has 0 radical (unpaired) electrons. The SMILES string of the molecule is COCC(C)n1c(C)cc(/C=C(/C#N)C(=O)N2CCN(C(=O)c3ccccc3O)CC2)c1C. The van der Waals surface area contributed by atoms with Gasteiger partial charge in [0.1, 0.15) is 17.4 Å². The molecule has 1 aliphatic heterocycles. The highest BCUT2D eigenvalue weighted by Gasteiger charge is 2.28. The van der Waals surface area contributed by atoms with Crippen LogP contribution >= 0.6 is 0 Å².